The fourth-order valence-electron chi connectivity index (χ4n) is 1.48. The van der Waals surface area contributed by atoms with Gasteiger partial charge in [-0.25, -0.2) is 4.39 Å². The molecule has 2 rings (SSSR count). The van der Waals surface area contributed by atoms with Gasteiger partial charge in [0.15, 0.2) is 11.5 Å². The van der Waals surface area contributed by atoms with Crippen LogP contribution in [0.4, 0.5) is 10.2 Å². The van der Waals surface area contributed by atoms with E-state index in [0.29, 0.717) is 5.56 Å². The van der Waals surface area contributed by atoms with Crippen LogP contribution in [0.15, 0.2) is 16.7 Å². The number of nitrogen functional groups attached to an aromatic ring is 1. The Labute approximate surface area is 105 Å². The van der Waals surface area contributed by atoms with E-state index in [0.717, 1.165) is 6.07 Å². The lowest BCUT2D eigenvalue weighted by Gasteiger charge is -2.10. The van der Waals surface area contributed by atoms with Gasteiger partial charge in [0, 0.05) is 17.2 Å². The molecule has 4 N–H and O–H groups in total. The molecule has 7 heteroatoms. The zero-order valence-corrected chi connectivity index (χ0v) is 10.4. The summed E-state index contributed by atoms with van der Waals surface area (Å²) in [6.07, 6.45) is 1.38. The minimum absolute atomic E-state index is 0.0418. The van der Waals surface area contributed by atoms with Crippen LogP contribution in [0, 0.1) is 5.82 Å². The first-order valence-electron chi connectivity index (χ1n) is 4.60. The number of aromatic nitrogens is 2. The van der Waals surface area contributed by atoms with Crippen LogP contribution >= 0.6 is 15.9 Å². The lowest BCUT2D eigenvalue weighted by molar-refractivity contribution is 0.369. The topological polar surface area (TPSA) is 84.2 Å². The number of methoxy groups -OCH3 is 1. The van der Waals surface area contributed by atoms with Crippen LogP contribution in [0.25, 0.3) is 11.1 Å². The van der Waals surface area contributed by atoms with Crippen molar-refractivity contribution in [1.82, 2.24) is 10.2 Å². The van der Waals surface area contributed by atoms with E-state index < -0.39 is 5.82 Å². The van der Waals surface area contributed by atoms with Crippen LogP contribution in [0.1, 0.15) is 0 Å². The molecule has 0 fully saturated rings. The number of H-pyrrole nitrogens is 1. The van der Waals surface area contributed by atoms with Crippen LogP contribution in [0.5, 0.6) is 11.5 Å². The summed E-state index contributed by atoms with van der Waals surface area (Å²) in [5, 5.41) is 16.0. The lowest BCUT2D eigenvalue weighted by atomic mass is 10.1. The van der Waals surface area contributed by atoms with E-state index in [4.69, 9.17) is 10.5 Å². The number of nitrogens with zero attached hydrogens (tertiary/aromatic N) is 1. The summed E-state index contributed by atoms with van der Waals surface area (Å²) < 4.78 is 18.9. The van der Waals surface area contributed by atoms with E-state index in [9.17, 15) is 9.50 Å². The number of hydrogen-bond donors (Lipinski definition) is 3. The number of aromatic hydroxyl groups is 1. The molecule has 0 saturated carbocycles. The standard InChI is InChI=1S/C10H9BrFN3O2/c1-17-6-2-5(12)7(8(11)9(6)16)4-3-14-15-10(4)13/h2-3,16H,1H3,(H3,13,14,15). The molecule has 0 amide bonds. The first kappa shape index (κ1) is 11.7. The van der Waals surface area contributed by atoms with Gasteiger partial charge in [0.1, 0.15) is 11.6 Å². The van der Waals surface area contributed by atoms with E-state index in [1.54, 1.807) is 0 Å². The van der Waals surface area contributed by atoms with Gasteiger partial charge in [-0.05, 0) is 15.9 Å². The number of nitrogens with one attached hydrogen (secondary N) is 1. The number of halogens is 2. The highest BCUT2D eigenvalue weighted by Gasteiger charge is 2.20. The van der Waals surface area contributed by atoms with Crippen molar-refractivity contribution in [3.05, 3.63) is 22.6 Å². The van der Waals surface area contributed by atoms with Crippen LogP contribution in [0.3, 0.4) is 0 Å². The molecular weight excluding hydrogens is 293 g/mol. The van der Waals surface area contributed by atoms with Gasteiger partial charge in [0.05, 0.1) is 17.8 Å². The molecule has 5 nitrogen and oxygen atoms in total. The first-order chi connectivity index (χ1) is 8.06. The van der Waals surface area contributed by atoms with E-state index >= 15 is 0 Å². The molecule has 2 aromatic rings. The maximum atomic E-state index is 13.9. The second kappa shape index (κ2) is 4.25. The second-order valence-electron chi connectivity index (χ2n) is 3.30. The van der Waals surface area contributed by atoms with Gasteiger partial charge in [0.2, 0.25) is 0 Å². The van der Waals surface area contributed by atoms with Crippen molar-refractivity contribution in [2.45, 2.75) is 0 Å². The Morgan fingerprint density at radius 3 is 2.82 bits per heavy atom. The molecule has 0 aliphatic carbocycles. The molecule has 0 saturated heterocycles. The number of anilines is 1. The molecule has 0 radical (unpaired) electrons. The number of hydrogen-bond acceptors (Lipinski definition) is 4. The summed E-state index contributed by atoms with van der Waals surface area (Å²) >= 11 is 3.11. The molecule has 1 aromatic carbocycles. The number of rotatable bonds is 2. The van der Waals surface area contributed by atoms with E-state index in [1.807, 2.05) is 0 Å². The third kappa shape index (κ3) is 1.82. The summed E-state index contributed by atoms with van der Waals surface area (Å²) in [6, 6.07) is 1.09. The molecule has 17 heavy (non-hydrogen) atoms. The largest absolute Gasteiger partial charge is 0.503 e. The van der Waals surface area contributed by atoms with Crippen molar-refractivity contribution >= 4 is 21.7 Å². The van der Waals surface area contributed by atoms with E-state index in [2.05, 4.69) is 26.1 Å². The lowest BCUT2D eigenvalue weighted by Crippen LogP contribution is -1.94. The van der Waals surface area contributed by atoms with Crippen LogP contribution in [-0.4, -0.2) is 22.4 Å². The number of nitrogens with two attached hydrogens (primary N) is 1. The second-order valence-corrected chi connectivity index (χ2v) is 4.09. The summed E-state index contributed by atoms with van der Waals surface area (Å²) in [6.45, 7) is 0. The summed E-state index contributed by atoms with van der Waals surface area (Å²) in [5.74, 6) is -0.501. The molecule has 0 aliphatic rings. The number of aromatic amines is 1. The van der Waals surface area contributed by atoms with Gasteiger partial charge in [-0.15, -0.1) is 0 Å². The fraction of sp³-hybridized carbons (Fsp3) is 0.100. The maximum Gasteiger partial charge on any atom is 0.173 e. The molecule has 90 valence electrons. The third-order valence-electron chi connectivity index (χ3n) is 2.32. The predicted octanol–water partition coefficient (Wildman–Crippen LogP) is 2.27. The zero-order valence-electron chi connectivity index (χ0n) is 8.79. The molecule has 1 heterocycles. The van der Waals surface area contributed by atoms with Crippen LogP contribution in [-0.2, 0) is 0 Å². The Morgan fingerprint density at radius 1 is 1.59 bits per heavy atom. The summed E-state index contributed by atoms with van der Waals surface area (Å²) in [4.78, 5) is 0. The number of benzene rings is 1. The Bertz CT molecular complexity index is 571. The van der Waals surface area contributed by atoms with Gasteiger partial charge >= 0.3 is 0 Å². The molecular formula is C10H9BrFN3O2. The predicted molar refractivity (Wildman–Crippen MR) is 64.3 cm³/mol. The Morgan fingerprint density at radius 2 is 2.29 bits per heavy atom. The van der Waals surface area contributed by atoms with E-state index in [-0.39, 0.29) is 27.4 Å². The quantitative estimate of drug-likeness (QED) is 0.794. The van der Waals surface area contributed by atoms with Crippen molar-refractivity contribution < 1.29 is 14.2 Å². The molecule has 0 atom stereocenters. The van der Waals surface area contributed by atoms with Gasteiger partial charge in [-0.1, -0.05) is 0 Å². The number of ether oxygens (including phenoxy) is 1. The maximum absolute atomic E-state index is 13.9. The number of phenolic OH excluding ortho intramolecular Hbond substituents is 1. The molecule has 0 aliphatic heterocycles. The van der Waals surface area contributed by atoms with Crippen molar-refractivity contribution in [3.63, 3.8) is 0 Å². The van der Waals surface area contributed by atoms with Gasteiger partial charge in [-0.3, -0.25) is 5.10 Å². The Kier molecular flexibility index (Phi) is 2.93. The minimum Gasteiger partial charge on any atom is -0.503 e. The summed E-state index contributed by atoms with van der Waals surface area (Å²) in [5.41, 5.74) is 6.11. The average Bonchev–Trinajstić information content (AvgIpc) is 2.70. The fourth-order valence-corrected chi connectivity index (χ4v) is 2.08. The zero-order chi connectivity index (χ0) is 12.6. The van der Waals surface area contributed by atoms with Gasteiger partial charge in [0.25, 0.3) is 0 Å². The highest BCUT2D eigenvalue weighted by atomic mass is 79.9. The SMILES string of the molecule is COc1cc(F)c(-c2cn[nH]c2N)c(Br)c1O. The molecule has 0 spiro atoms. The van der Waals surface area contributed by atoms with Crippen molar-refractivity contribution in [2.24, 2.45) is 0 Å². The molecule has 0 bridgehead atoms. The summed E-state index contributed by atoms with van der Waals surface area (Å²) in [7, 11) is 1.34. The minimum atomic E-state index is -0.570. The first-order valence-corrected chi connectivity index (χ1v) is 5.39. The van der Waals surface area contributed by atoms with Crippen LogP contribution < -0.4 is 10.5 Å². The Balaban J connectivity index is 2.72. The average molecular weight is 302 g/mol. The van der Waals surface area contributed by atoms with Crippen molar-refractivity contribution in [2.75, 3.05) is 12.8 Å². The molecule has 1 aromatic heterocycles. The smallest absolute Gasteiger partial charge is 0.173 e. The number of phenols is 1. The van der Waals surface area contributed by atoms with Gasteiger partial charge in [-0.2, -0.15) is 5.10 Å². The Hall–Kier alpha value is -1.76. The normalized spacial score (nSPS) is 10.5. The monoisotopic (exact) mass is 301 g/mol. The van der Waals surface area contributed by atoms with Gasteiger partial charge < -0.3 is 15.6 Å². The van der Waals surface area contributed by atoms with Crippen LogP contribution in [0.2, 0.25) is 0 Å². The highest BCUT2D eigenvalue weighted by molar-refractivity contribution is 9.10. The highest BCUT2D eigenvalue weighted by Crippen LogP contribution is 2.43. The van der Waals surface area contributed by atoms with Crippen molar-refractivity contribution in [1.29, 1.82) is 0 Å². The molecule has 0 unspecified atom stereocenters. The van der Waals surface area contributed by atoms with Crippen molar-refractivity contribution in [3.8, 4) is 22.6 Å². The van der Waals surface area contributed by atoms with E-state index in [1.165, 1.54) is 13.3 Å². The third-order valence-corrected chi connectivity index (χ3v) is 3.09.